The van der Waals surface area contributed by atoms with E-state index in [9.17, 15) is 0 Å². The van der Waals surface area contributed by atoms with Gasteiger partial charge in [-0.1, -0.05) is 78.9 Å². The first-order valence-electron chi connectivity index (χ1n) is 8.09. The van der Waals surface area contributed by atoms with Gasteiger partial charge in [0.25, 0.3) is 0 Å². The van der Waals surface area contributed by atoms with Crippen molar-refractivity contribution in [2.45, 2.75) is 6.42 Å². The Kier molecular flexibility index (Phi) is 2.65. The second kappa shape index (κ2) is 4.82. The first kappa shape index (κ1) is 12.7. The number of hydrogen-bond donors (Lipinski definition) is 0. The molecule has 23 heavy (non-hydrogen) atoms. The van der Waals surface area contributed by atoms with E-state index in [1.165, 1.54) is 44.2 Å². The van der Waals surface area contributed by atoms with Crippen molar-refractivity contribution < 1.29 is 0 Å². The third kappa shape index (κ3) is 1.92. The number of hydrogen-bond acceptors (Lipinski definition) is 0. The van der Waals surface area contributed by atoms with Crippen LogP contribution < -0.4 is 0 Å². The van der Waals surface area contributed by atoms with Crippen LogP contribution in [-0.4, -0.2) is 0 Å². The summed E-state index contributed by atoms with van der Waals surface area (Å²) in [5.41, 5.74) is 8.29. The van der Waals surface area contributed by atoms with Gasteiger partial charge in [0.05, 0.1) is 0 Å². The van der Waals surface area contributed by atoms with E-state index in [1.807, 2.05) is 0 Å². The second-order valence-electron chi connectivity index (χ2n) is 6.23. The quantitative estimate of drug-likeness (QED) is 0.351. The van der Waals surface area contributed by atoms with Crippen molar-refractivity contribution in [2.24, 2.45) is 0 Å². The van der Waals surface area contributed by atoms with Crippen molar-refractivity contribution >= 4 is 10.8 Å². The maximum atomic E-state index is 2.35. The third-order valence-electron chi connectivity index (χ3n) is 4.91. The molecule has 0 radical (unpaired) electrons. The van der Waals surface area contributed by atoms with Crippen molar-refractivity contribution in [3.8, 4) is 22.3 Å². The van der Waals surface area contributed by atoms with Gasteiger partial charge >= 0.3 is 0 Å². The summed E-state index contributed by atoms with van der Waals surface area (Å²) in [5.74, 6) is 0. The van der Waals surface area contributed by atoms with Crippen LogP contribution in [0.1, 0.15) is 11.1 Å². The molecule has 0 spiro atoms. The van der Waals surface area contributed by atoms with Gasteiger partial charge in [-0.05, 0) is 56.6 Å². The first-order valence-corrected chi connectivity index (χ1v) is 8.09. The third-order valence-corrected chi connectivity index (χ3v) is 4.91. The van der Waals surface area contributed by atoms with E-state index < -0.39 is 0 Å². The highest BCUT2D eigenvalue weighted by Gasteiger charge is 2.20. The largest absolute Gasteiger partial charge is 0.0622 e. The van der Waals surface area contributed by atoms with Gasteiger partial charge in [-0.3, -0.25) is 0 Å². The lowest BCUT2D eigenvalue weighted by molar-refractivity contribution is 1.28. The predicted octanol–water partition coefficient (Wildman–Crippen LogP) is 6.08. The zero-order valence-electron chi connectivity index (χ0n) is 12.8. The summed E-state index contributed by atoms with van der Waals surface area (Å²) in [7, 11) is 0. The maximum Gasteiger partial charge on any atom is -0.000728 e. The number of rotatable bonds is 1. The summed E-state index contributed by atoms with van der Waals surface area (Å²) >= 11 is 0. The van der Waals surface area contributed by atoms with Crippen LogP contribution in [0, 0.1) is 0 Å². The molecule has 0 N–H and O–H groups in total. The molecule has 0 saturated heterocycles. The second-order valence-corrected chi connectivity index (χ2v) is 6.23. The van der Waals surface area contributed by atoms with Gasteiger partial charge in [0.2, 0.25) is 0 Å². The van der Waals surface area contributed by atoms with Gasteiger partial charge in [-0.15, -0.1) is 0 Å². The fraction of sp³-hybridized carbons (Fsp3) is 0.0435. The van der Waals surface area contributed by atoms with E-state index in [1.54, 1.807) is 0 Å². The predicted molar refractivity (Wildman–Crippen MR) is 97.6 cm³/mol. The van der Waals surface area contributed by atoms with Gasteiger partial charge in [0.15, 0.2) is 0 Å². The van der Waals surface area contributed by atoms with E-state index in [0.717, 1.165) is 6.42 Å². The monoisotopic (exact) mass is 292 g/mol. The topological polar surface area (TPSA) is 0 Å². The molecule has 0 heterocycles. The Morgan fingerprint density at radius 2 is 1.39 bits per heavy atom. The van der Waals surface area contributed by atoms with Crippen LogP contribution in [0.2, 0.25) is 0 Å². The normalized spacial score (nSPS) is 12.2. The molecule has 4 aromatic carbocycles. The standard InChI is InChI=1S/C23H16/c1-2-6-16(7-3-1)18-10-11-19-15-23-20-9-5-4-8-17(20)12-13-21(23)22(19)14-18/h1-14H,15H2. The summed E-state index contributed by atoms with van der Waals surface area (Å²) in [6, 6.07) is 30.8. The fourth-order valence-corrected chi connectivity index (χ4v) is 3.76. The fourth-order valence-electron chi connectivity index (χ4n) is 3.76. The van der Waals surface area contributed by atoms with Gasteiger partial charge in [0, 0.05) is 0 Å². The smallest absolute Gasteiger partial charge is 0.000728 e. The van der Waals surface area contributed by atoms with Gasteiger partial charge in [0.1, 0.15) is 0 Å². The molecule has 4 aromatic rings. The van der Waals surface area contributed by atoms with Crippen LogP contribution >= 0.6 is 0 Å². The molecule has 0 nitrogen and oxygen atoms in total. The summed E-state index contributed by atoms with van der Waals surface area (Å²) in [5, 5.41) is 2.73. The first-order chi connectivity index (χ1) is 11.4. The van der Waals surface area contributed by atoms with Gasteiger partial charge < -0.3 is 0 Å². The molecule has 0 amide bonds. The minimum absolute atomic E-state index is 1.04. The van der Waals surface area contributed by atoms with Crippen LogP contribution in [0.15, 0.2) is 84.9 Å². The van der Waals surface area contributed by atoms with E-state index >= 15 is 0 Å². The minimum Gasteiger partial charge on any atom is -0.0622 e. The molecule has 0 aromatic heterocycles. The van der Waals surface area contributed by atoms with Crippen molar-refractivity contribution in [3.63, 3.8) is 0 Å². The van der Waals surface area contributed by atoms with Crippen molar-refractivity contribution in [3.05, 3.63) is 96.1 Å². The van der Waals surface area contributed by atoms with Crippen molar-refractivity contribution in [1.82, 2.24) is 0 Å². The Balaban J connectivity index is 1.73. The molecular formula is C23H16. The molecule has 0 heteroatoms. The summed E-state index contributed by atoms with van der Waals surface area (Å²) in [6.45, 7) is 0. The van der Waals surface area contributed by atoms with Crippen LogP contribution in [0.25, 0.3) is 33.0 Å². The number of benzene rings is 4. The molecule has 108 valence electrons. The van der Waals surface area contributed by atoms with E-state index in [0.29, 0.717) is 0 Å². The van der Waals surface area contributed by atoms with Crippen molar-refractivity contribution in [2.75, 3.05) is 0 Å². The SMILES string of the molecule is c1ccc(-c2ccc3c(c2)-c2ccc4ccccc4c2C3)cc1. The summed E-state index contributed by atoms with van der Waals surface area (Å²) in [6.07, 6.45) is 1.04. The van der Waals surface area contributed by atoms with Crippen LogP contribution in [0.3, 0.4) is 0 Å². The van der Waals surface area contributed by atoms with E-state index in [2.05, 4.69) is 84.9 Å². The van der Waals surface area contributed by atoms with E-state index in [-0.39, 0.29) is 0 Å². The molecular weight excluding hydrogens is 276 g/mol. The molecule has 0 aliphatic heterocycles. The molecule has 1 aliphatic rings. The van der Waals surface area contributed by atoms with Crippen LogP contribution in [0.5, 0.6) is 0 Å². The molecule has 5 rings (SSSR count). The molecule has 0 bridgehead atoms. The lowest BCUT2D eigenvalue weighted by Crippen LogP contribution is -1.83. The summed E-state index contributed by atoms with van der Waals surface area (Å²) in [4.78, 5) is 0. The lowest BCUT2D eigenvalue weighted by Gasteiger charge is -2.07. The average Bonchev–Trinajstić information content (AvgIpc) is 3.01. The highest BCUT2D eigenvalue weighted by Crippen LogP contribution is 2.41. The van der Waals surface area contributed by atoms with Crippen LogP contribution in [-0.2, 0) is 6.42 Å². The molecule has 0 unspecified atom stereocenters. The molecule has 1 aliphatic carbocycles. The van der Waals surface area contributed by atoms with Crippen LogP contribution in [0.4, 0.5) is 0 Å². The molecule has 0 fully saturated rings. The van der Waals surface area contributed by atoms with Gasteiger partial charge in [-0.2, -0.15) is 0 Å². The highest BCUT2D eigenvalue weighted by atomic mass is 14.2. The Morgan fingerprint density at radius 3 is 2.30 bits per heavy atom. The Morgan fingerprint density at radius 1 is 0.565 bits per heavy atom. The Bertz CT molecular complexity index is 1030. The number of fused-ring (bicyclic) bond motifs is 5. The minimum atomic E-state index is 1.04. The maximum absolute atomic E-state index is 2.35. The molecule has 0 saturated carbocycles. The Hall–Kier alpha value is -2.86. The average molecular weight is 292 g/mol. The summed E-state index contributed by atoms with van der Waals surface area (Å²) < 4.78 is 0. The highest BCUT2D eigenvalue weighted by molar-refractivity contribution is 5.95. The van der Waals surface area contributed by atoms with Gasteiger partial charge in [-0.25, -0.2) is 0 Å². The van der Waals surface area contributed by atoms with E-state index in [4.69, 9.17) is 0 Å². The zero-order valence-corrected chi connectivity index (χ0v) is 12.8. The molecule has 0 atom stereocenters. The Labute approximate surface area is 136 Å². The van der Waals surface area contributed by atoms with Crippen molar-refractivity contribution in [1.29, 1.82) is 0 Å². The zero-order chi connectivity index (χ0) is 15.2. The lowest BCUT2D eigenvalue weighted by atomic mass is 9.97.